The lowest BCUT2D eigenvalue weighted by Crippen LogP contribution is -2.60. The summed E-state index contributed by atoms with van der Waals surface area (Å²) in [5, 5.41) is 11.8. The third-order valence-electron chi connectivity index (χ3n) is 3.79. The number of anilines is 2. The highest BCUT2D eigenvalue weighted by atomic mass is 35.5. The molecule has 2 aromatic rings. The summed E-state index contributed by atoms with van der Waals surface area (Å²) in [6, 6.07) is 5.13. The third-order valence-corrected chi connectivity index (χ3v) is 4.61. The maximum Gasteiger partial charge on any atom is 0.407 e. The van der Waals surface area contributed by atoms with E-state index < -0.39 is 11.7 Å². The Hall–Kier alpha value is -2.32. The maximum absolute atomic E-state index is 11.8. The summed E-state index contributed by atoms with van der Waals surface area (Å²) >= 11 is 12.2. The predicted octanol–water partition coefficient (Wildman–Crippen LogP) is 3.14. The minimum Gasteiger partial charge on any atom is -0.444 e. The van der Waals surface area contributed by atoms with Gasteiger partial charge >= 0.3 is 6.09 Å². The first kappa shape index (κ1) is 19.4. The number of hydrogen-bond donors (Lipinski definition) is 2. The van der Waals surface area contributed by atoms with Crippen LogP contribution in [0.3, 0.4) is 0 Å². The summed E-state index contributed by atoms with van der Waals surface area (Å²) in [5.74, 6) is 0.587. The van der Waals surface area contributed by atoms with E-state index in [-0.39, 0.29) is 11.9 Å². The summed E-state index contributed by atoms with van der Waals surface area (Å²) in [5.41, 5.74) is 6.45. The monoisotopic (exact) mass is 410 g/mol. The van der Waals surface area contributed by atoms with Gasteiger partial charge in [0.15, 0.2) is 5.82 Å². The van der Waals surface area contributed by atoms with Gasteiger partial charge < -0.3 is 20.7 Å². The Labute approximate surface area is 167 Å². The quantitative estimate of drug-likeness (QED) is 0.799. The summed E-state index contributed by atoms with van der Waals surface area (Å²) in [6.07, 6.45) is -0.448. The molecule has 8 nitrogen and oxygen atoms in total. The average molecular weight is 411 g/mol. The van der Waals surface area contributed by atoms with Crippen molar-refractivity contribution in [3.63, 3.8) is 0 Å². The van der Waals surface area contributed by atoms with E-state index in [2.05, 4.69) is 20.5 Å². The molecular formula is C17H20Cl2N6O2. The molecule has 144 valence electrons. The van der Waals surface area contributed by atoms with Crippen LogP contribution in [0.15, 0.2) is 18.2 Å². The zero-order chi connectivity index (χ0) is 19.8. The minimum absolute atomic E-state index is 0.0493. The Balaban J connectivity index is 1.64. The molecule has 3 N–H and O–H groups in total. The van der Waals surface area contributed by atoms with E-state index >= 15 is 0 Å². The molecule has 0 atom stereocenters. The number of amides is 1. The molecule has 0 bridgehead atoms. The number of benzene rings is 1. The molecule has 10 heteroatoms. The molecule has 3 rings (SSSR count). The first-order valence-electron chi connectivity index (χ1n) is 8.33. The van der Waals surface area contributed by atoms with E-state index in [0.29, 0.717) is 40.3 Å². The van der Waals surface area contributed by atoms with Gasteiger partial charge in [0.2, 0.25) is 5.95 Å². The van der Waals surface area contributed by atoms with Gasteiger partial charge in [-0.25, -0.2) is 4.79 Å². The Kier molecular flexibility index (Phi) is 5.30. The van der Waals surface area contributed by atoms with Crippen molar-refractivity contribution in [2.75, 3.05) is 23.7 Å². The summed E-state index contributed by atoms with van der Waals surface area (Å²) < 4.78 is 5.23. The number of aromatic nitrogens is 3. The first-order valence-corrected chi connectivity index (χ1v) is 9.08. The van der Waals surface area contributed by atoms with Gasteiger partial charge in [-0.2, -0.15) is 4.98 Å². The van der Waals surface area contributed by atoms with Crippen LogP contribution >= 0.6 is 23.2 Å². The van der Waals surface area contributed by atoms with E-state index in [1.54, 1.807) is 18.2 Å². The van der Waals surface area contributed by atoms with Gasteiger partial charge in [-0.15, -0.1) is 10.2 Å². The first-order chi connectivity index (χ1) is 12.6. The number of nitrogens with two attached hydrogens (primary N) is 1. The molecule has 0 saturated carbocycles. The molecule has 1 aliphatic heterocycles. The van der Waals surface area contributed by atoms with Crippen LogP contribution in [-0.2, 0) is 4.74 Å². The van der Waals surface area contributed by atoms with Crippen molar-refractivity contribution in [3.8, 4) is 11.3 Å². The SMILES string of the molecule is CC(C)(C)OC(=O)NC1CN(c2nnc(-c3cccc(Cl)c3Cl)c(N)n2)C1. The molecular weight excluding hydrogens is 391 g/mol. The average Bonchev–Trinajstić information content (AvgIpc) is 2.52. The minimum atomic E-state index is -0.535. The maximum atomic E-state index is 11.8. The molecule has 0 aliphatic carbocycles. The highest BCUT2D eigenvalue weighted by Gasteiger charge is 2.32. The smallest absolute Gasteiger partial charge is 0.407 e. The van der Waals surface area contributed by atoms with Crippen LogP contribution in [0.5, 0.6) is 0 Å². The fraction of sp³-hybridized carbons (Fsp3) is 0.412. The highest BCUT2D eigenvalue weighted by Crippen LogP contribution is 2.34. The van der Waals surface area contributed by atoms with E-state index in [4.69, 9.17) is 33.7 Å². The van der Waals surface area contributed by atoms with Crippen molar-refractivity contribution >= 4 is 41.1 Å². The van der Waals surface area contributed by atoms with Crippen molar-refractivity contribution in [3.05, 3.63) is 28.2 Å². The fourth-order valence-corrected chi connectivity index (χ4v) is 2.94. The van der Waals surface area contributed by atoms with Crippen molar-refractivity contribution < 1.29 is 9.53 Å². The van der Waals surface area contributed by atoms with Crippen molar-refractivity contribution in [2.24, 2.45) is 0 Å². The molecule has 0 radical (unpaired) electrons. The van der Waals surface area contributed by atoms with Crippen molar-refractivity contribution in [1.82, 2.24) is 20.5 Å². The zero-order valence-electron chi connectivity index (χ0n) is 15.2. The van der Waals surface area contributed by atoms with Crippen LogP contribution in [0.4, 0.5) is 16.6 Å². The molecule has 0 unspecified atom stereocenters. The number of alkyl carbamates (subject to hydrolysis) is 1. The van der Waals surface area contributed by atoms with Gasteiger partial charge in [0.1, 0.15) is 11.3 Å². The Morgan fingerprint density at radius 1 is 1.30 bits per heavy atom. The molecule has 1 amide bonds. The lowest BCUT2D eigenvalue weighted by atomic mass is 10.1. The standard InChI is InChI=1S/C17H20Cl2N6O2/c1-17(2,3)27-16(26)21-9-7-25(8-9)15-22-14(20)13(23-24-15)10-5-4-6-11(18)12(10)19/h4-6,9H,7-8H2,1-3H3,(H,21,26)(H2,20,22,24). The Bertz CT molecular complexity index is 865. The predicted molar refractivity (Wildman–Crippen MR) is 105 cm³/mol. The lowest BCUT2D eigenvalue weighted by molar-refractivity contribution is 0.0495. The number of carbonyl (C=O) groups is 1. The van der Waals surface area contributed by atoms with Crippen LogP contribution in [0.2, 0.25) is 10.0 Å². The van der Waals surface area contributed by atoms with E-state index in [9.17, 15) is 4.79 Å². The molecule has 27 heavy (non-hydrogen) atoms. The lowest BCUT2D eigenvalue weighted by Gasteiger charge is -2.39. The number of nitrogens with one attached hydrogen (secondary N) is 1. The van der Waals surface area contributed by atoms with Crippen molar-refractivity contribution in [1.29, 1.82) is 0 Å². The zero-order valence-corrected chi connectivity index (χ0v) is 16.7. The van der Waals surface area contributed by atoms with Crippen LogP contribution in [0.25, 0.3) is 11.3 Å². The van der Waals surface area contributed by atoms with Gasteiger partial charge in [0.05, 0.1) is 16.1 Å². The van der Waals surface area contributed by atoms with Gasteiger partial charge in [-0.05, 0) is 26.8 Å². The van der Waals surface area contributed by atoms with Crippen LogP contribution < -0.4 is 16.0 Å². The van der Waals surface area contributed by atoms with Gasteiger partial charge in [-0.3, -0.25) is 0 Å². The molecule has 1 aromatic heterocycles. The Morgan fingerprint density at radius 2 is 2.00 bits per heavy atom. The van der Waals surface area contributed by atoms with Crippen LogP contribution in [0.1, 0.15) is 20.8 Å². The normalized spacial score (nSPS) is 14.6. The second-order valence-corrected chi connectivity index (χ2v) is 7.98. The van der Waals surface area contributed by atoms with Crippen molar-refractivity contribution in [2.45, 2.75) is 32.4 Å². The second-order valence-electron chi connectivity index (χ2n) is 7.20. The summed E-state index contributed by atoms with van der Waals surface area (Å²) in [6.45, 7) is 6.52. The molecule has 1 fully saturated rings. The van der Waals surface area contributed by atoms with Gasteiger partial charge in [-0.1, -0.05) is 35.3 Å². The number of halogens is 2. The number of hydrogen-bond acceptors (Lipinski definition) is 7. The molecule has 0 spiro atoms. The fourth-order valence-electron chi connectivity index (χ4n) is 2.55. The third kappa shape index (κ3) is 4.51. The van der Waals surface area contributed by atoms with E-state index in [0.717, 1.165) is 0 Å². The molecule has 2 heterocycles. The number of nitrogen functional groups attached to an aromatic ring is 1. The molecule has 1 aliphatic rings. The number of rotatable bonds is 3. The molecule has 1 saturated heterocycles. The highest BCUT2D eigenvalue weighted by molar-refractivity contribution is 6.43. The van der Waals surface area contributed by atoms with Gasteiger partial charge in [0, 0.05) is 18.7 Å². The summed E-state index contributed by atoms with van der Waals surface area (Å²) in [4.78, 5) is 17.9. The second kappa shape index (κ2) is 7.36. The topological polar surface area (TPSA) is 106 Å². The Morgan fingerprint density at radius 3 is 2.63 bits per heavy atom. The number of nitrogens with zero attached hydrogens (tertiary/aromatic N) is 4. The van der Waals surface area contributed by atoms with E-state index in [1.807, 2.05) is 25.7 Å². The summed E-state index contributed by atoms with van der Waals surface area (Å²) in [7, 11) is 0. The van der Waals surface area contributed by atoms with Gasteiger partial charge in [0.25, 0.3) is 0 Å². The van der Waals surface area contributed by atoms with Crippen LogP contribution in [0, 0.1) is 0 Å². The largest absolute Gasteiger partial charge is 0.444 e. The van der Waals surface area contributed by atoms with Crippen LogP contribution in [-0.4, -0.2) is 46.0 Å². The number of carbonyl (C=O) groups excluding carboxylic acids is 1. The van der Waals surface area contributed by atoms with E-state index in [1.165, 1.54) is 0 Å². The number of ether oxygens (including phenoxy) is 1. The molecule has 1 aromatic carbocycles.